The van der Waals surface area contributed by atoms with Crippen LogP contribution in [-0.4, -0.2) is 29.6 Å². The molecule has 5 heteroatoms. The lowest BCUT2D eigenvalue weighted by atomic mass is 10.1. The smallest absolute Gasteiger partial charge is 0.266 e. The lowest BCUT2D eigenvalue weighted by Crippen LogP contribution is -2.30. The first kappa shape index (κ1) is 19.2. The average Bonchev–Trinajstić information content (AvgIpc) is 2.97. The minimum atomic E-state index is 0.0164. The van der Waals surface area contributed by atoms with Crippen molar-refractivity contribution in [1.82, 2.24) is 4.90 Å². The molecule has 0 spiro atoms. The molecule has 1 amide bonds. The van der Waals surface area contributed by atoms with E-state index in [1.165, 1.54) is 11.8 Å². The Balaban J connectivity index is 1.93. The molecule has 0 aliphatic carbocycles. The Bertz CT molecular complexity index is 875. The Kier molecular flexibility index (Phi) is 6.35. The van der Waals surface area contributed by atoms with Gasteiger partial charge in [0.05, 0.1) is 17.7 Å². The number of hydrogen-bond donors (Lipinski definition) is 0. The van der Waals surface area contributed by atoms with Crippen molar-refractivity contribution in [3.63, 3.8) is 0 Å². The number of methoxy groups -OCH3 is 1. The van der Waals surface area contributed by atoms with E-state index in [1.54, 1.807) is 12.0 Å². The zero-order chi connectivity index (χ0) is 19.2. The van der Waals surface area contributed by atoms with Crippen molar-refractivity contribution in [2.45, 2.75) is 26.7 Å². The Morgan fingerprint density at radius 3 is 2.67 bits per heavy atom. The SMILES string of the molecule is CCCCN1C(=O)C(=Cc2ccc(C)c(OC)c2)SC1=Nc1ccccc1. The fraction of sp³-hybridized carbons (Fsp3) is 0.273. The van der Waals surface area contributed by atoms with Gasteiger partial charge in [0.15, 0.2) is 5.17 Å². The second-order valence-corrected chi connectivity index (χ2v) is 7.39. The van der Waals surface area contributed by atoms with Gasteiger partial charge in [-0.2, -0.15) is 0 Å². The number of benzene rings is 2. The summed E-state index contributed by atoms with van der Waals surface area (Å²) in [5.74, 6) is 0.837. The molecule has 1 fully saturated rings. The molecule has 0 bridgehead atoms. The summed E-state index contributed by atoms with van der Waals surface area (Å²) in [6, 6.07) is 15.7. The van der Waals surface area contributed by atoms with Gasteiger partial charge in [0, 0.05) is 6.54 Å². The summed E-state index contributed by atoms with van der Waals surface area (Å²) in [6.45, 7) is 4.81. The Labute approximate surface area is 164 Å². The molecule has 0 atom stereocenters. The predicted molar refractivity (Wildman–Crippen MR) is 113 cm³/mol. The number of ether oxygens (including phenoxy) is 1. The molecule has 0 unspecified atom stereocenters. The molecule has 2 aromatic carbocycles. The van der Waals surface area contributed by atoms with Crippen LogP contribution < -0.4 is 4.74 Å². The molecule has 0 radical (unpaired) electrons. The summed E-state index contributed by atoms with van der Waals surface area (Å²) in [5.41, 5.74) is 2.87. The Morgan fingerprint density at radius 2 is 1.96 bits per heavy atom. The molecule has 27 heavy (non-hydrogen) atoms. The van der Waals surface area contributed by atoms with E-state index in [1.807, 2.05) is 61.5 Å². The maximum absolute atomic E-state index is 13.0. The van der Waals surface area contributed by atoms with E-state index >= 15 is 0 Å². The van der Waals surface area contributed by atoms with E-state index in [0.717, 1.165) is 40.6 Å². The van der Waals surface area contributed by atoms with E-state index in [0.29, 0.717) is 11.4 Å². The summed E-state index contributed by atoms with van der Waals surface area (Å²) in [5, 5.41) is 0.741. The number of aliphatic imine (C=N–C) groups is 1. The number of nitrogens with zero attached hydrogens (tertiary/aromatic N) is 2. The van der Waals surface area contributed by atoms with Crippen LogP contribution in [0.1, 0.15) is 30.9 Å². The van der Waals surface area contributed by atoms with Gasteiger partial charge in [-0.05, 0) is 60.5 Å². The second-order valence-electron chi connectivity index (χ2n) is 6.38. The lowest BCUT2D eigenvalue weighted by Gasteiger charge is -2.14. The molecular weight excluding hydrogens is 356 g/mol. The van der Waals surface area contributed by atoms with Gasteiger partial charge >= 0.3 is 0 Å². The monoisotopic (exact) mass is 380 g/mol. The van der Waals surface area contributed by atoms with Crippen molar-refractivity contribution < 1.29 is 9.53 Å². The molecule has 3 rings (SSSR count). The van der Waals surface area contributed by atoms with Crippen LogP contribution in [0.4, 0.5) is 5.69 Å². The topological polar surface area (TPSA) is 41.9 Å². The maximum atomic E-state index is 13.0. The first-order chi connectivity index (χ1) is 13.1. The quantitative estimate of drug-likeness (QED) is 0.630. The average molecular weight is 381 g/mol. The summed E-state index contributed by atoms with van der Waals surface area (Å²) in [6.07, 6.45) is 3.90. The fourth-order valence-electron chi connectivity index (χ4n) is 2.80. The van der Waals surface area contributed by atoms with Crippen molar-refractivity contribution in [1.29, 1.82) is 0 Å². The molecule has 1 aliphatic rings. The third kappa shape index (κ3) is 4.61. The van der Waals surface area contributed by atoms with Crippen molar-refractivity contribution in [3.8, 4) is 5.75 Å². The summed E-state index contributed by atoms with van der Waals surface area (Å²) in [7, 11) is 1.66. The normalized spacial score (nSPS) is 17.1. The standard InChI is InChI=1S/C22H24N2O2S/c1-4-5-13-24-21(25)20(15-17-12-11-16(2)19(14-17)26-3)27-22(24)23-18-9-7-6-8-10-18/h6-12,14-15H,4-5,13H2,1-3H3. The molecule has 1 heterocycles. The molecule has 140 valence electrons. The number of amides is 1. The van der Waals surface area contributed by atoms with Crippen LogP contribution in [0.2, 0.25) is 0 Å². The van der Waals surface area contributed by atoms with Crippen LogP contribution >= 0.6 is 11.8 Å². The predicted octanol–water partition coefficient (Wildman–Crippen LogP) is 5.41. The number of thioether (sulfide) groups is 1. The Morgan fingerprint density at radius 1 is 1.19 bits per heavy atom. The Hall–Kier alpha value is -2.53. The largest absolute Gasteiger partial charge is 0.496 e. The van der Waals surface area contributed by atoms with Crippen LogP contribution in [-0.2, 0) is 4.79 Å². The number of unbranched alkanes of at least 4 members (excludes halogenated alkanes) is 1. The molecule has 1 aliphatic heterocycles. The third-order valence-electron chi connectivity index (χ3n) is 4.33. The van der Waals surface area contributed by atoms with Gasteiger partial charge < -0.3 is 4.74 Å². The van der Waals surface area contributed by atoms with Crippen LogP contribution in [0.25, 0.3) is 6.08 Å². The summed E-state index contributed by atoms with van der Waals surface area (Å²) in [4.78, 5) is 20.1. The number of para-hydroxylation sites is 1. The first-order valence-corrected chi connectivity index (χ1v) is 9.94. The number of carbonyl (C=O) groups excluding carboxylic acids is 1. The van der Waals surface area contributed by atoms with E-state index in [-0.39, 0.29) is 5.91 Å². The van der Waals surface area contributed by atoms with Gasteiger partial charge in [-0.15, -0.1) is 0 Å². The third-order valence-corrected chi connectivity index (χ3v) is 5.34. The highest BCUT2D eigenvalue weighted by atomic mass is 32.2. The summed E-state index contributed by atoms with van der Waals surface area (Å²) >= 11 is 1.43. The van der Waals surface area contributed by atoms with E-state index < -0.39 is 0 Å². The molecule has 0 aromatic heterocycles. The number of rotatable bonds is 6. The van der Waals surface area contributed by atoms with Gasteiger partial charge in [0.1, 0.15) is 5.75 Å². The highest BCUT2D eigenvalue weighted by Crippen LogP contribution is 2.35. The van der Waals surface area contributed by atoms with Gasteiger partial charge in [-0.3, -0.25) is 9.69 Å². The highest BCUT2D eigenvalue weighted by molar-refractivity contribution is 8.18. The maximum Gasteiger partial charge on any atom is 0.266 e. The van der Waals surface area contributed by atoms with E-state index in [9.17, 15) is 4.79 Å². The van der Waals surface area contributed by atoms with Gasteiger partial charge in [-0.1, -0.05) is 43.7 Å². The van der Waals surface area contributed by atoms with Crippen LogP contribution in [0.15, 0.2) is 58.4 Å². The van der Waals surface area contributed by atoms with Crippen LogP contribution in [0.5, 0.6) is 5.75 Å². The summed E-state index contributed by atoms with van der Waals surface area (Å²) < 4.78 is 5.40. The zero-order valence-electron chi connectivity index (χ0n) is 15.9. The molecule has 0 saturated carbocycles. The highest BCUT2D eigenvalue weighted by Gasteiger charge is 2.32. The van der Waals surface area contributed by atoms with Gasteiger partial charge in [0.25, 0.3) is 5.91 Å². The van der Waals surface area contributed by atoms with Gasteiger partial charge in [-0.25, -0.2) is 4.99 Å². The zero-order valence-corrected chi connectivity index (χ0v) is 16.8. The van der Waals surface area contributed by atoms with Crippen LogP contribution in [0.3, 0.4) is 0 Å². The van der Waals surface area contributed by atoms with Crippen LogP contribution in [0, 0.1) is 6.92 Å². The number of aryl methyl sites for hydroxylation is 1. The van der Waals surface area contributed by atoms with Gasteiger partial charge in [0.2, 0.25) is 0 Å². The fourth-order valence-corrected chi connectivity index (χ4v) is 3.82. The minimum absolute atomic E-state index is 0.0164. The molecule has 0 N–H and O–H groups in total. The molecule has 2 aromatic rings. The number of hydrogen-bond acceptors (Lipinski definition) is 4. The first-order valence-electron chi connectivity index (χ1n) is 9.12. The second kappa shape index (κ2) is 8.91. The molecule has 4 nitrogen and oxygen atoms in total. The van der Waals surface area contributed by atoms with E-state index in [4.69, 9.17) is 9.73 Å². The van der Waals surface area contributed by atoms with Crippen molar-refractivity contribution in [2.24, 2.45) is 4.99 Å². The van der Waals surface area contributed by atoms with Crippen molar-refractivity contribution in [3.05, 3.63) is 64.6 Å². The van der Waals surface area contributed by atoms with Crippen molar-refractivity contribution >= 4 is 34.6 Å². The molecule has 1 saturated heterocycles. The number of amidine groups is 1. The number of carbonyl (C=O) groups is 1. The minimum Gasteiger partial charge on any atom is -0.496 e. The lowest BCUT2D eigenvalue weighted by molar-refractivity contribution is -0.122. The van der Waals surface area contributed by atoms with E-state index in [2.05, 4.69) is 6.92 Å². The van der Waals surface area contributed by atoms with Crippen molar-refractivity contribution in [2.75, 3.05) is 13.7 Å². The molecular formula is C22H24N2O2S.